The number of thiocarbonyl (C=S) groups is 1. The van der Waals surface area contributed by atoms with E-state index in [9.17, 15) is 0 Å². The maximum atomic E-state index is 5.41. The van der Waals surface area contributed by atoms with Crippen LogP contribution in [0, 0.1) is 6.92 Å². The molecule has 1 aromatic heterocycles. The van der Waals surface area contributed by atoms with E-state index in [2.05, 4.69) is 5.10 Å². The Morgan fingerprint density at radius 3 is 2.82 bits per heavy atom. The normalized spacial score (nSPS) is 10.0. The largest absolute Gasteiger partial charge is 0.393 e. The Hall–Kier alpha value is -0.900. The molecule has 0 saturated carbocycles. The Kier molecular flexibility index (Phi) is 2.24. The van der Waals surface area contributed by atoms with Crippen LogP contribution in [0.3, 0.4) is 0 Å². The smallest absolute Gasteiger partial charge is 0.0787 e. The van der Waals surface area contributed by atoms with Crippen LogP contribution in [0.25, 0.3) is 0 Å². The van der Waals surface area contributed by atoms with E-state index in [1.54, 1.807) is 4.68 Å². The Balaban J connectivity index is 2.92. The molecule has 1 aromatic rings. The van der Waals surface area contributed by atoms with Gasteiger partial charge in [0.25, 0.3) is 0 Å². The highest BCUT2D eigenvalue weighted by Gasteiger charge is 2.04. The molecule has 0 aliphatic heterocycles. The molecule has 11 heavy (non-hydrogen) atoms. The average molecular weight is 169 g/mol. The van der Waals surface area contributed by atoms with Crippen molar-refractivity contribution in [2.24, 2.45) is 12.8 Å². The zero-order valence-electron chi connectivity index (χ0n) is 6.66. The first-order valence-corrected chi connectivity index (χ1v) is 3.78. The van der Waals surface area contributed by atoms with Gasteiger partial charge in [-0.05, 0) is 12.5 Å². The van der Waals surface area contributed by atoms with Gasteiger partial charge in [-0.25, -0.2) is 0 Å². The van der Waals surface area contributed by atoms with Gasteiger partial charge in [0.05, 0.1) is 11.2 Å². The summed E-state index contributed by atoms with van der Waals surface area (Å²) >= 11 is 4.80. The number of aromatic nitrogens is 2. The maximum absolute atomic E-state index is 5.41. The summed E-state index contributed by atoms with van der Waals surface area (Å²) in [5.74, 6) is 0. The second-order valence-electron chi connectivity index (χ2n) is 2.54. The second-order valence-corrected chi connectivity index (χ2v) is 3.07. The van der Waals surface area contributed by atoms with Crippen LogP contribution in [-0.4, -0.2) is 14.8 Å². The number of nitrogens with zero attached hydrogens (tertiary/aromatic N) is 2. The zero-order chi connectivity index (χ0) is 8.43. The van der Waals surface area contributed by atoms with Crippen molar-refractivity contribution in [3.05, 3.63) is 17.5 Å². The number of aryl methyl sites for hydroxylation is 2. The highest BCUT2D eigenvalue weighted by Crippen LogP contribution is 2.05. The van der Waals surface area contributed by atoms with E-state index in [1.165, 1.54) is 0 Å². The van der Waals surface area contributed by atoms with Crippen LogP contribution in [0.1, 0.15) is 11.3 Å². The predicted molar refractivity (Wildman–Crippen MR) is 48.4 cm³/mol. The lowest BCUT2D eigenvalue weighted by Crippen LogP contribution is -2.14. The third-order valence-corrected chi connectivity index (χ3v) is 1.76. The summed E-state index contributed by atoms with van der Waals surface area (Å²) in [5.41, 5.74) is 7.65. The van der Waals surface area contributed by atoms with Gasteiger partial charge in [-0.15, -0.1) is 0 Å². The van der Waals surface area contributed by atoms with E-state index in [0.717, 1.165) is 11.3 Å². The van der Waals surface area contributed by atoms with Crippen molar-refractivity contribution in [2.75, 3.05) is 0 Å². The van der Waals surface area contributed by atoms with Crippen molar-refractivity contribution >= 4 is 17.2 Å². The molecule has 0 fully saturated rings. The van der Waals surface area contributed by atoms with Gasteiger partial charge >= 0.3 is 0 Å². The first-order chi connectivity index (χ1) is 5.11. The Labute approximate surface area is 71.2 Å². The lowest BCUT2D eigenvalue weighted by molar-refractivity contribution is 0.730. The summed E-state index contributed by atoms with van der Waals surface area (Å²) in [7, 11) is 1.89. The lowest BCUT2D eigenvalue weighted by Gasteiger charge is -2.00. The fourth-order valence-corrected chi connectivity index (χ4v) is 1.13. The van der Waals surface area contributed by atoms with Gasteiger partial charge in [0.1, 0.15) is 0 Å². The second kappa shape index (κ2) is 3.00. The van der Waals surface area contributed by atoms with Crippen LogP contribution in [0.4, 0.5) is 0 Å². The Morgan fingerprint density at radius 1 is 1.82 bits per heavy atom. The molecule has 0 radical (unpaired) electrons. The minimum Gasteiger partial charge on any atom is -0.393 e. The van der Waals surface area contributed by atoms with Crippen LogP contribution in [-0.2, 0) is 13.5 Å². The fraction of sp³-hybridized carbons (Fsp3) is 0.429. The summed E-state index contributed by atoms with van der Waals surface area (Å²) in [6.07, 6.45) is 2.45. The van der Waals surface area contributed by atoms with Crippen LogP contribution in [0.2, 0.25) is 0 Å². The van der Waals surface area contributed by atoms with Crippen LogP contribution >= 0.6 is 12.2 Å². The molecule has 1 rings (SSSR count). The first kappa shape index (κ1) is 8.20. The molecule has 60 valence electrons. The van der Waals surface area contributed by atoms with Gasteiger partial charge in [-0.1, -0.05) is 12.2 Å². The lowest BCUT2D eigenvalue weighted by atomic mass is 10.2. The molecule has 0 spiro atoms. The Morgan fingerprint density at radius 2 is 2.45 bits per heavy atom. The standard InChI is InChI=1S/C7H11N3S/c1-5-4-9-10(2)6(5)3-7(8)11/h4H,3H2,1-2H3,(H2,8,11). The van der Waals surface area contributed by atoms with E-state index < -0.39 is 0 Å². The van der Waals surface area contributed by atoms with Crippen molar-refractivity contribution in [3.8, 4) is 0 Å². The Bertz CT molecular complexity index is 258. The third-order valence-electron chi connectivity index (χ3n) is 1.61. The van der Waals surface area contributed by atoms with Crippen LogP contribution in [0.15, 0.2) is 6.20 Å². The minimum absolute atomic E-state index is 0.511. The number of hydrogen-bond acceptors (Lipinski definition) is 2. The summed E-state index contributed by atoms with van der Waals surface area (Å²) in [5, 5.41) is 4.07. The molecule has 0 atom stereocenters. The molecule has 4 heteroatoms. The van der Waals surface area contributed by atoms with Gasteiger partial charge < -0.3 is 5.73 Å². The molecular weight excluding hydrogens is 158 g/mol. The van der Waals surface area contributed by atoms with E-state index in [0.29, 0.717) is 11.4 Å². The zero-order valence-corrected chi connectivity index (χ0v) is 7.48. The van der Waals surface area contributed by atoms with E-state index >= 15 is 0 Å². The van der Waals surface area contributed by atoms with Gasteiger partial charge in [-0.2, -0.15) is 5.10 Å². The molecule has 2 N–H and O–H groups in total. The van der Waals surface area contributed by atoms with Crippen LogP contribution < -0.4 is 5.73 Å². The molecule has 0 amide bonds. The van der Waals surface area contributed by atoms with Gasteiger partial charge in [0.2, 0.25) is 0 Å². The number of rotatable bonds is 2. The van der Waals surface area contributed by atoms with Crippen LogP contribution in [0.5, 0.6) is 0 Å². The molecule has 0 saturated heterocycles. The summed E-state index contributed by atoms with van der Waals surface area (Å²) < 4.78 is 1.80. The SMILES string of the molecule is Cc1cnn(C)c1CC(N)=S. The molecule has 0 aliphatic carbocycles. The minimum atomic E-state index is 0.511. The van der Waals surface area contributed by atoms with E-state index in [4.69, 9.17) is 18.0 Å². The van der Waals surface area contributed by atoms with Gasteiger partial charge in [0.15, 0.2) is 0 Å². The summed E-state index contributed by atoms with van der Waals surface area (Å²) in [4.78, 5) is 0.511. The van der Waals surface area contributed by atoms with E-state index in [-0.39, 0.29) is 0 Å². The van der Waals surface area contributed by atoms with Crippen molar-refractivity contribution in [1.82, 2.24) is 9.78 Å². The molecule has 0 bridgehead atoms. The monoisotopic (exact) mass is 169 g/mol. The highest BCUT2D eigenvalue weighted by atomic mass is 32.1. The average Bonchev–Trinajstić information content (AvgIpc) is 2.18. The molecule has 1 heterocycles. The molecular formula is C7H11N3S. The maximum Gasteiger partial charge on any atom is 0.0787 e. The number of nitrogens with two attached hydrogens (primary N) is 1. The van der Waals surface area contributed by atoms with Crippen molar-refractivity contribution < 1.29 is 0 Å². The third kappa shape index (κ3) is 1.77. The molecule has 0 aromatic carbocycles. The first-order valence-electron chi connectivity index (χ1n) is 3.37. The topological polar surface area (TPSA) is 43.8 Å². The van der Waals surface area contributed by atoms with Gasteiger partial charge in [0, 0.05) is 19.2 Å². The summed E-state index contributed by atoms with van der Waals surface area (Å²) in [6.45, 7) is 2.00. The fourth-order valence-electron chi connectivity index (χ4n) is 0.991. The molecule has 0 unspecified atom stereocenters. The quantitative estimate of drug-likeness (QED) is 0.658. The molecule has 0 aliphatic rings. The highest BCUT2D eigenvalue weighted by molar-refractivity contribution is 7.80. The van der Waals surface area contributed by atoms with Gasteiger partial charge in [-0.3, -0.25) is 4.68 Å². The predicted octanol–water partition coefficient (Wildman–Crippen LogP) is 0.557. The summed E-state index contributed by atoms with van der Waals surface area (Å²) in [6, 6.07) is 0. The number of hydrogen-bond donors (Lipinski definition) is 1. The van der Waals surface area contributed by atoms with Crippen molar-refractivity contribution in [1.29, 1.82) is 0 Å². The van der Waals surface area contributed by atoms with Crippen molar-refractivity contribution in [2.45, 2.75) is 13.3 Å². The van der Waals surface area contributed by atoms with Crippen molar-refractivity contribution in [3.63, 3.8) is 0 Å². The molecule has 3 nitrogen and oxygen atoms in total. The van der Waals surface area contributed by atoms with E-state index in [1.807, 2.05) is 20.2 Å².